The minimum absolute atomic E-state index is 0.00756. The first-order valence-electron chi connectivity index (χ1n) is 10.6. The molecule has 0 aliphatic heterocycles. The van der Waals surface area contributed by atoms with Crippen LogP contribution in [0.1, 0.15) is 49.5 Å². The van der Waals surface area contributed by atoms with Crippen LogP contribution >= 0.6 is 11.6 Å². The van der Waals surface area contributed by atoms with Gasteiger partial charge in [-0.1, -0.05) is 18.5 Å². The molecule has 1 aromatic carbocycles. The van der Waals surface area contributed by atoms with Gasteiger partial charge in [0.1, 0.15) is 11.6 Å². The molecule has 2 aromatic rings. The summed E-state index contributed by atoms with van der Waals surface area (Å²) in [5.74, 6) is -0.902. The SMILES string of the molecule is CC1CC2(NC(=O)c3cccc[n+]3[O-])CCC1(NC(=O)COc1ccc(Cl)c(F)c1)CC2. The molecule has 0 radical (unpaired) electrons. The predicted molar refractivity (Wildman–Crippen MR) is 116 cm³/mol. The first-order chi connectivity index (χ1) is 15.2. The van der Waals surface area contributed by atoms with Crippen LogP contribution in [0.3, 0.4) is 0 Å². The summed E-state index contributed by atoms with van der Waals surface area (Å²) in [4.78, 5) is 25.3. The second-order valence-electron chi connectivity index (χ2n) is 8.82. The summed E-state index contributed by atoms with van der Waals surface area (Å²) in [6, 6.07) is 8.78. The van der Waals surface area contributed by atoms with Gasteiger partial charge < -0.3 is 20.6 Å². The van der Waals surface area contributed by atoms with Crippen molar-refractivity contribution in [1.29, 1.82) is 0 Å². The zero-order chi connectivity index (χ0) is 22.9. The minimum atomic E-state index is -0.604. The summed E-state index contributed by atoms with van der Waals surface area (Å²) in [6.45, 7) is 1.83. The summed E-state index contributed by atoms with van der Waals surface area (Å²) in [6.07, 6.45) is 4.84. The molecule has 2 amide bonds. The number of nitrogens with one attached hydrogen (secondary N) is 2. The van der Waals surface area contributed by atoms with Crippen LogP contribution in [-0.4, -0.2) is 29.5 Å². The molecular formula is C23H25ClFN3O4. The topological polar surface area (TPSA) is 94.4 Å². The molecule has 3 aliphatic carbocycles. The van der Waals surface area contributed by atoms with E-state index >= 15 is 0 Å². The molecule has 0 spiro atoms. The van der Waals surface area contributed by atoms with Crippen molar-refractivity contribution < 1.29 is 23.4 Å². The molecule has 32 heavy (non-hydrogen) atoms. The second kappa shape index (κ2) is 8.58. The molecule has 1 unspecified atom stereocenters. The van der Waals surface area contributed by atoms with E-state index in [9.17, 15) is 19.2 Å². The zero-order valence-corrected chi connectivity index (χ0v) is 18.5. The fourth-order valence-electron chi connectivity index (χ4n) is 5.02. The number of hydrogen-bond donors (Lipinski definition) is 2. The van der Waals surface area contributed by atoms with Crippen molar-refractivity contribution in [1.82, 2.24) is 10.6 Å². The van der Waals surface area contributed by atoms with Gasteiger partial charge in [0.25, 0.3) is 11.6 Å². The third-order valence-electron chi connectivity index (χ3n) is 6.82. The third-order valence-corrected chi connectivity index (χ3v) is 7.13. The first kappa shape index (κ1) is 22.3. The van der Waals surface area contributed by atoms with Gasteiger partial charge in [0, 0.05) is 29.3 Å². The van der Waals surface area contributed by atoms with Gasteiger partial charge in [-0.3, -0.25) is 9.59 Å². The number of ether oxygens (including phenoxy) is 1. The molecule has 2 bridgehead atoms. The van der Waals surface area contributed by atoms with E-state index < -0.39 is 5.82 Å². The summed E-state index contributed by atoms with van der Waals surface area (Å²) in [5, 5.41) is 18.1. The fourth-order valence-corrected chi connectivity index (χ4v) is 5.13. The van der Waals surface area contributed by atoms with E-state index in [-0.39, 0.29) is 51.9 Å². The molecule has 3 fully saturated rings. The standard InChI is InChI=1S/C23H25ClFN3O4/c1-15-13-22(27-21(30)19-4-2-3-11-28(19)31)7-9-23(15,10-8-22)26-20(29)14-32-16-5-6-17(24)18(25)12-16/h2-6,11-12,15H,7-10,13-14H2,1H3,(H,26,29)(H,27,30). The Labute approximate surface area is 190 Å². The highest BCUT2D eigenvalue weighted by Crippen LogP contribution is 2.50. The average Bonchev–Trinajstić information content (AvgIpc) is 2.76. The van der Waals surface area contributed by atoms with E-state index in [1.54, 1.807) is 12.1 Å². The predicted octanol–water partition coefficient (Wildman–Crippen LogP) is 3.13. The minimum Gasteiger partial charge on any atom is -0.618 e. The third kappa shape index (κ3) is 4.37. The summed E-state index contributed by atoms with van der Waals surface area (Å²) in [7, 11) is 0. The van der Waals surface area contributed by atoms with Crippen LogP contribution in [0.5, 0.6) is 5.75 Å². The number of fused-ring (bicyclic) bond motifs is 3. The van der Waals surface area contributed by atoms with Crippen molar-refractivity contribution >= 4 is 23.4 Å². The number of pyridine rings is 1. The van der Waals surface area contributed by atoms with Gasteiger partial charge in [-0.05, 0) is 56.2 Å². The van der Waals surface area contributed by atoms with Gasteiger partial charge in [0.2, 0.25) is 0 Å². The second-order valence-corrected chi connectivity index (χ2v) is 9.23. The van der Waals surface area contributed by atoms with E-state index in [0.717, 1.165) is 6.07 Å². The Bertz CT molecular complexity index is 1040. The molecule has 3 aliphatic rings. The summed E-state index contributed by atoms with van der Waals surface area (Å²) >= 11 is 5.66. The molecule has 9 heteroatoms. The molecule has 1 aromatic heterocycles. The summed E-state index contributed by atoms with van der Waals surface area (Å²) < 4.78 is 19.5. The largest absolute Gasteiger partial charge is 0.618 e. The Kier molecular flexibility index (Phi) is 5.99. The maximum atomic E-state index is 13.5. The molecule has 0 saturated heterocycles. The highest BCUT2D eigenvalue weighted by Gasteiger charge is 2.54. The molecule has 1 atom stereocenters. The van der Waals surface area contributed by atoms with Gasteiger partial charge in [0.05, 0.1) is 5.02 Å². The highest BCUT2D eigenvalue weighted by molar-refractivity contribution is 6.30. The highest BCUT2D eigenvalue weighted by atomic mass is 35.5. The van der Waals surface area contributed by atoms with Crippen LogP contribution in [0.2, 0.25) is 5.02 Å². The van der Waals surface area contributed by atoms with E-state index in [0.29, 0.717) is 36.8 Å². The Morgan fingerprint density at radius 2 is 1.97 bits per heavy atom. The number of aromatic nitrogens is 1. The van der Waals surface area contributed by atoms with Crippen LogP contribution < -0.4 is 20.1 Å². The molecule has 2 N–H and O–H groups in total. The van der Waals surface area contributed by atoms with Gasteiger partial charge in [-0.2, -0.15) is 4.73 Å². The van der Waals surface area contributed by atoms with Crippen LogP contribution in [-0.2, 0) is 4.79 Å². The number of carbonyl (C=O) groups is 2. The molecule has 7 nitrogen and oxygen atoms in total. The number of amides is 2. The van der Waals surface area contributed by atoms with Crippen molar-refractivity contribution in [3.63, 3.8) is 0 Å². The zero-order valence-electron chi connectivity index (χ0n) is 17.7. The van der Waals surface area contributed by atoms with Gasteiger partial charge in [0.15, 0.2) is 12.8 Å². The monoisotopic (exact) mass is 461 g/mol. The maximum Gasteiger partial charge on any atom is 0.317 e. The van der Waals surface area contributed by atoms with Gasteiger partial charge >= 0.3 is 5.91 Å². The lowest BCUT2D eigenvalue weighted by Gasteiger charge is -2.57. The number of rotatable bonds is 6. The Balaban J connectivity index is 1.35. The van der Waals surface area contributed by atoms with Crippen molar-refractivity contribution in [2.45, 2.75) is 50.1 Å². The van der Waals surface area contributed by atoms with Crippen molar-refractivity contribution in [3.05, 3.63) is 64.3 Å². The van der Waals surface area contributed by atoms with E-state index in [2.05, 4.69) is 17.6 Å². The summed E-state index contributed by atoms with van der Waals surface area (Å²) in [5.41, 5.74) is -0.687. The molecule has 1 heterocycles. The number of carbonyl (C=O) groups excluding carboxylic acids is 2. The molecule has 5 rings (SSSR count). The van der Waals surface area contributed by atoms with Gasteiger partial charge in [-0.15, -0.1) is 0 Å². The van der Waals surface area contributed by atoms with E-state index in [1.807, 2.05) is 0 Å². The maximum absolute atomic E-state index is 13.5. The van der Waals surface area contributed by atoms with Gasteiger partial charge in [-0.25, -0.2) is 4.39 Å². The number of nitrogens with zero attached hydrogens (tertiary/aromatic N) is 1. The van der Waals surface area contributed by atoms with Crippen LogP contribution in [0.15, 0.2) is 42.6 Å². The Morgan fingerprint density at radius 1 is 1.22 bits per heavy atom. The van der Waals surface area contributed by atoms with Crippen LogP contribution in [0.25, 0.3) is 0 Å². The van der Waals surface area contributed by atoms with E-state index in [1.165, 1.54) is 24.4 Å². The normalized spacial score (nSPS) is 26.4. The number of hydrogen-bond acceptors (Lipinski definition) is 4. The fraction of sp³-hybridized carbons (Fsp3) is 0.435. The van der Waals surface area contributed by atoms with Crippen molar-refractivity contribution in [2.75, 3.05) is 6.61 Å². The molecular weight excluding hydrogens is 437 g/mol. The smallest absolute Gasteiger partial charge is 0.317 e. The first-order valence-corrected chi connectivity index (χ1v) is 11.0. The van der Waals surface area contributed by atoms with Crippen LogP contribution in [0, 0.1) is 16.9 Å². The number of benzene rings is 1. The quantitative estimate of drug-likeness (QED) is 0.510. The molecule has 170 valence electrons. The van der Waals surface area contributed by atoms with Crippen molar-refractivity contribution in [3.8, 4) is 5.75 Å². The molecule has 3 saturated carbocycles. The lowest BCUT2D eigenvalue weighted by atomic mass is 9.56. The van der Waals surface area contributed by atoms with Crippen molar-refractivity contribution in [2.24, 2.45) is 5.92 Å². The number of halogens is 2. The van der Waals surface area contributed by atoms with E-state index in [4.69, 9.17) is 16.3 Å². The Hall–Kier alpha value is -2.87. The lowest BCUT2D eigenvalue weighted by Crippen LogP contribution is -2.68. The van der Waals surface area contributed by atoms with Crippen LogP contribution in [0.4, 0.5) is 4.39 Å². The average molecular weight is 462 g/mol. The Morgan fingerprint density at radius 3 is 2.62 bits per heavy atom. The lowest BCUT2D eigenvalue weighted by molar-refractivity contribution is -0.607.